The van der Waals surface area contributed by atoms with Gasteiger partial charge in [0.25, 0.3) is 0 Å². The SMILES string of the molecule is Cc1cccc(Nc2nc3c(s2)CCc2[nH]ncc2-3)n1. The van der Waals surface area contributed by atoms with Gasteiger partial charge in [-0.15, -0.1) is 11.3 Å². The van der Waals surface area contributed by atoms with Crippen molar-refractivity contribution >= 4 is 22.3 Å². The van der Waals surface area contributed by atoms with Crippen molar-refractivity contribution in [2.24, 2.45) is 0 Å². The average Bonchev–Trinajstić information content (AvgIpc) is 3.02. The Hall–Kier alpha value is -2.21. The van der Waals surface area contributed by atoms with Crippen LogP contribution in [0.3, 0.4) is 0 Å². The molecule has 0 amide bonds. The van der Waals surface area contributed by atoms with E-state index >= 15 is 0 Å². The zero-order valence-corrected chi connectivity index (χ0v) is 11.8. The van der Waals surface area contributed by atoms with Gasteiger partial charge in [0.05, 0.1) is 11.9 Å². The van der Waals surface area contributed by atoms with Gasteiger partial charge in [-0.3, -0.25) is 5.10 Å². The number of aromatic amines is 1. The maximum absolute atomic E-state index is 4.70. The van der Waals surface area contributed by atoms with Crippen molar-refractivity contribution in [1.82, 2.24) is 20.2 Å². The Morgan fingerprint density at radius 1 is 1.25 bits per heavy atom. The Labute approximate surface area is 120 Å². The third kappa shape index (κ3) is 1.89. The molecular formula is C14H13N5S. The molecule has 0 aliphatic heterocycles. The van der Waals surface area contributed by atoms with Gasteiger partial charge >= 0.3 is 0 Å². The fraction of sp³-hybridized carbons (Fsp3) is 0.214. The fourth-order valence-electron chi connectivity index (χ4n) is 2.45. The van der Waals surface area contributed by atoms with Crippen molar-refractivity contribution in [3.05, 3.63) is 40.7 Å². The number of hydrogen-bond acceptors (Lipinski definition) is 5. The van der Waals surface area contributed by atoms with E-state index in [1.165, 1.54) is 10.6 Å². The third-order valence-corrected chi connectivity index (χ3v) is 4.43. The number of nitrogens with one attached hydrogen (secondary N) is 2. The van der Waals surface area contributed by atoms with Crippen LogP contribution in [0.5, 0.6) is 0 Å². The first-order chi connectivity index (χ1) is 9.79. The number of aromatic nitrogens is 4. The van der Waals surface area contributed by atoms with Crippen LogP contribution in [-0.2, 0) is 12.8 Å². The van der Waals surface area contributed by atoms with E-state index in [9.17, 15) is 0 Å². The molecule has 3 heterocycles. The Morgan fingerprint density at radius 2 is 2.20 bits per heavy atom. The van der Waals surface area contributed by atoms with Gasteiger partial charge in [-0.1, -0.05) is 6.07 Å². The summed E-state index contributed by atoms with van der Waals surface area (Å²) in [5.74, 6) is 0.837. The molecule has 2 N–H and O–H groups in total. The normalized spacial score (nSPS) is 12.8. The molecule has 0 fully saturated rings. The number of nitrogens with zero attached hydrogens (tertiary/aromatic N) is 3. The van der Waals surface area contributed by atoms with Gasteiger partial charge in [-0.25, -0.2) is 9.97 Å². The second-order valence-electron chi connectivity index (χ2n) is 4.84. The van der Waals surface area contributed by atoms with Crippen molar-refractivity contribution < 1.29 is 0 Å². The first-order valence-electron chi connectivity index (χ1n) is 6.52. The van der Waals surface area contributed by atoms with E-state index < -0.39 is 0 Å². The van der Waals surface area contributed by atoms with E-state index in [2.05, 4.69) is 20.5 Å². The average molecular weight is 283 g/mol. The molecule has 0 unspecified atom stereocenters. The molecule has 5 nitrogen and oxygen atoms in total. The Bertz CT molecular complexity index is 773. The van der Waals surface area contributed by atoms with Crippen molar-refractivity contribution in [3.63, 3.8) is 0 Å². The predicted octanol–water partition coefficient (Wildman–Crippen LogP) is 3.08. The highest BCUT2D eigenvalue weighted by molar-refractivity contribution is 7.16. The largest absolute Gasteiger partial charge is 0.316 e. The standard InChI is InChI=1S/C14H13N5S/c1-8-3-2-4-12(16-8)17-14-18-13-9-7-15-19-10(9)5-6-11(13)20-14/h2-4,7H,5-6H2,1H3,(H,15,19)(H,16,17,18). The number of anilines is 2. The number of H-pyrrole nitrogens is 1. The van der Waals surface area contributed by atoms with Crippen LogP contribution in [0, 0.1) is 6.92 Å². The van der Waals surface area contributed by atoms with Crippen LogP contribution in [0.25, 0.3) is 11.3 Å². The molecular weight excluding hydrogens is 270 g/mol. The van der Waals surface area contributed by atoms with Gasteiger partial charge in [-0.05, 0) is 31.9 Å². The number of aryl methyl sites for hydroxylation is 3. The summed E-state index contributed by atoms with van der Waals surface area (Å²) in [6.07, 6.45) is 3.89. The molecule has 3 aromatic rings. The summed E-state index contributed by atoms with van der Waals surface area (Å²) >= 11 is 1.70. The maximum atomic E-state index is 4.70. The lowest BCUT2D eigenvalue weighted by molar-refractivity contribution is 0.891. The van der Waals surface area contributed by atoms with Gasteiger partial charge in [0.2, 0.25) is 0 Å². The van der Waals surface area contributed by atoms with Gasteiger partial charge < -0.3 is 5.32 Å². The monoisotopic (exact) mass is 283 g/mol. The highest BCUT2D eigenvalue weighted by Gasteiger charge is 2.22. The minimum Gasteiger partial charge on any atom is -0.316 e. The highest BCUT2D eigenvalue weighted by Crippen LogP contribution is 2.37. The predicted molar refractivity (Wildman–Crippen MR) is 79.4 cm³/mol. The summed E-state index contributed by atoms with van der Waals surface area (Å²) in [7, 11) is 0. The van der Waals surface area contributed by atoms with Gasteiger partial charge in [0.15, 0.2) is 5.13 Å². The topological polar surface area (TPSA) is 66.5 Å². The van der Waals surface area contributed by atoms with Crippen LogP contribution in [0.1, 0.15) is 16.3 Å². The molecule has 0 radical (unpaired) electrons. The summed E-state index contributed by atoms with van der Waals surface area (Å²) in [5.41, 5.74) is 4.37. The van der Waals surface area contributed by atoms with Crippen molar-refractivity contribution in [1.29, 1.82) is 0 Å². The van der Waals surface area contributed by atoms with Crippen molar-refractivity contribution in [2.45, 2.75) is 19.8 Å². The van der Waals surface area contributed by atoms with E-state index in [1.54, 1.807) is 11.3 Å². The lowest BCUT2D eigenvalue weighted by atomic mass is 10.0. The van der Waals surface area contributed by atoms with E-state index in [1.807, 2.05) is 31.3 Å². The van der Waals surface area contributed by atoms with Crippen LogP contribution in [-0.4, -0.2) is 20.2 Å². The van der Waals surface area contributed by atoms with Crippen LogP contribution >= 0.6 is 11.3 Å². The second-order valence-corrected chi connectivity index (χ2v) is 5.93. The second kappa shape index (κ2) is 4.42. The molecule has 0 saturated heterocycles. The number of pyridine rings is 1. The minimum absolute atomic E-state index is 0.837. The molecule has 1 aliphatic rings. The fourth-order valence-corrected chi connectivity index (χ4v) is 3.44. The lowest BCUT2D eigenvalue weighted by Gasteiger charge is -2.08. The van der Waals surface area contributed by atoms with E-state index in [-0.39, 0.29) is 0 Å². The summed E-state index contributed by atoms with van der Waals surface area (Å²) in [5, 5.41) is 11.3. The van der Waals surface area contributed by atoms with E-state index in [0.29, 0.717) is 0 Å². The zero-order chi connectivity index (χ0) is 13.5. The summed E-state index contributed by atoms with van der Waals surface area (Å²) < 4.78 is 0. The Balaban J connectivity index is 1.69. The van der Waals surface area contributed by atoms with Crippen molar-refractivity contribution in [3.8, 4) is 11.3 Å². The van der Waals surface area contributed by atoms with E-state index in [0.717, 1.165) is 40.7 Å². The molecule has 100 valence electrons. The molecule has 1 aliphatic carbocycles. The van der Waals surface area contributed by atoms with Crippen LogP contribution in [0.15, 0.2) is 24.4 Å². The smallest absolute Gasteiger partial charge is 0.189 e. The maximum Gasteiger partial charge on any atom is 0.189 e. The number of fused-ring (bicyclic) bond motifs is 3. The molecule has 0 bridgehead atoms. The molecule has 20 heavy (non-hydrogen) atoms. The summed E-state index contributed by atoms with van der Waals surface area (Å²) in [4.78, 5) is 10.5. The highest BCUT2D eigenvalue weighted by atomic mass is 32.1. The molecule has 3 aromatic heterocycles. The summed E-state index contributed by atoms with van der Waals surface area (Å²) in [6.45, 7) is 1.98. The Kier molecular flexibility index (Phi) is 2.56. The van der Waals surface area contributed by atoms with Crippen molar-refractivity contribution in [2.75, 3.05) is 5.32 Å². The van der Waals surface area contributed by atoms with Gasteiger partial charge in [-0.2, -0.15) is 5.10 Å². The number of rotatable bonds is 2. The van der Waals surface area contributed by atoms with Crippen LogP contribution < -0.4 is 5.32 Å². The van der Waals surface area contributed by atoms with Gasteiger partial charge in [0, 0.05) is 21.8 Å². The zero-order valence-electron chi connectivity index (χ0n) is 11.0. The molecule has 0 aromatic carbocycles. The molecule has 0 atom stereocenters. The van der Waals surface area contributed by atoms with Gasteiger partial charge in [0.1, 0.15) is 5.82 Å². The first kappa shape index (κ1) is 11.6. The lowest BCUT2D eigenvalue weighted by Crippen LogP contribution is -2.00. The quantitative estimate of drug-likeness (QED) is 0.758. The minimum atomic E-state index is 0.837. The molecule has 0 saturated carbocycles. The first-order valence-corrected chi connectivity index (χ1v) is 7.34. The molecule has 4 rings (SSSR count). The van der Waals surface area contributed by atoms with Crippen LogP contribution in [0.2, 0.25) is 0 Å². The van der Waals surface area contributed by atoms with Crippen LogP contribution in [0.4, 0.5) is 10.9 Å². The Morgan fingerprint density at radius 3 is 3.10 bits per heavy atom. The number of hydrogen-bond donors (Lipinski definition) is 2. The van der Waals surface area contributed by atoms with E-state index in [4.69, 9.17) is 4.98 Å². The summed E-state index contributed by atoms with van der Waals surface area (Å²) in [6, 6.07) is 5.93. The molecule has 0 spiro atoms. The molecule has 6 heteroatoms. The third-order valence-electron chi connectivity index (χ3n) is 3.40. The number of thiazole rings is 1.